The molecule has 0 bridgehead atoms. The number of rotatable bonds is 4. The highest BCUT2D eigenvalue weighted by Crippen LogP contribution is 2.15. The molecule has 4 heteroatoms. The summed E-state index contributed by atoms with van der Waals surface area (Å²) in [4.78, 5) is 16.5. The molecule has 1 aromatic heterocycles. The number of nitrogens with zero attached hydrogens (tertiary/aromatic N) is 2. The normalized spacial score (nSPS) is 12.4. The van der Waals surface area contributed by atoms with Crippen molar-refractivity contribution in [3.05, 3.63) is 63.3 Å². The minimum atomic E-state index is 0.00219. The van der Waals surface area contributed by atoms with Crippen LogP contribution in [0.15, 0.2) is 35.1 Å². The van der Waals surface area contributed by atoms with Gasteiger partial charge in [-0.15, -0.1) is 0 Å². The molecule has 1 N–H and O–H groups in total. The first kappa shape index (κ1) is 14.5. The van der Waals surface area contributed by atoms with Gasteiger partial charge in [0.15, 0.2) is 0 Å². The Morgan fingerprint density at radius 1 is 1.20 bits per heavy atom. The molecule has 2 aromatic rings. The SMILES string of the molecule is CNC(Cn1c(C)nc(C)cc1=O)c1ccc(C)cc1. The first-order valence-electron chi connectivity index (χ1n) is 6.80. The zero-order chi connectivity index (χ0) is 14.7. The third kappa shape index (κ3) is 3.14. The molecule has 0 saturated heterocycles. The Morgan fingerprint density at radius 3 is 2.40 bits per heavy atom. The van der Waals surface area contributed by atoms with Crippen LogP contribution in [-0.4, -0.2) is 16.6 Å². The molecule has 0 spiro atoms. The fraction of sp³-hybridized carbons (Fsp3) is 0.375. The van der Waals surface area contributed by atoms with Crippen molar-refractivity contribution in [2.24, 2.45) is 0 Å². The Balaban J connectivity index is 2.31. The molecule has 0 radical (unpaired) electrons. The van der Waals surface area contributed by atoms with Gasteiger partial charge in [-0.1, -0.05) is 29.8 Å². The minimum Gasteiger partial charge on any atom is -0.312 e. The van der Waals surface area contributed by atoms with E-state index < -0.39 is 0 Å². The van der Waals surface area contributed by atoms with Gasteiger partial charge in [-0.3, -0.25) is 9.36 Å². The monoisotopic (exact) mass is 271 g/mol. The highest BCUT2D eigenvalue weighted by atomic mass is 16.1. The summed E-state index contributed by atoms with van der Waals surface area (Å²) in [6.45, 7) is 6.36. The van der Waals surface area contributed by atoms with Gasteiger partial charge < -0.3 is 5.32 Å². The van der Waals surface area contributed by atoms with Crippen LogP contribution in [0.3, 0.4) is 0 Å². The molecule has 20 heavy (non-hydrogen) atoms. The number of hydrogen-bond donors (Lipinski definition) is 1. The van der Waals surface area contributed by atoms with Crippen LogP contribution in [0.5, 0.6) is 0 Å². The molecule has 0 saturated carbocycles. The summed E-state index contributed by atoms with van der Waals surface area (Å²) in [5.41, 5.74) is 3.17. The van der Waals surface area contributed by atoms with Crippen LogP contribution in [-0.2, 0) is 6.54 Å². The van der Waals surface area contributed by atoms with Crippen molar-refractivity contribution in [3.63, 3.8) is 0 Å². The molecule has 4 nitrogen and oxygen atoms in total. The standard InChI is InChI=1S/C16H21N3O/c1-11-5-7-14(8-6-11)15(17-4)10-19-13(3)18-12(2)9-16(19)20/h5-9,15,17H,10H2,1-4H3. The predicted molar refractivity (Wildman–Crippen MR) is 81.0 cm³/mol. The van der Waals surface area contributed by atoms with E-state index in [2.05, 4.69) is 41.5 Å². The van der Waals surface area contributed by atoms with Gasteiger partial charge in [0.1, 0.15) is 5.82 Å². The molecule has 1 aromatic carbocycles. The molecule has 0 fully saturated rings. The zero-order valence-electron chi connectivity index (χ0n) is 12.5. The Hall–Kier alpha value is -1.94. The number of aromatic nitrogens is 2. The smallest absolute Gasteiger partial charge is 0.253 e. The molecular weight excluding hydrogens is 250 g/mol. The second-order valence-corrected chi connectivity index (χ2v) is 5.15. The van der Waals surface area contributed by atoms with Gasteiger partial charge in [0.2, 0.25) is 0 Å². The molecule has 0 aliphatic heterocycles. The third-order valence-corrected chi connectivity index (χ3v) is 3.52. The highest BCUT2D eigenvalue weighted by molar-refractivity contribution is 5.24. The average Bonchev–Trinajstić information content (AvgIpc) is 2.39. The molecule has 1 heterocycles. The van der Waals surface area contributed by atoms with Crippen LogP contribution >= 0.6 is 0 Å². The van der Waals surface area contributed by atoms with E-state index in [0.29, 0.717) is 6.54 Å². The summed E-state index contributed by atoms with van der Waals surface area (Å²) in [6, 6.07) is 10.0. The van der Waals surface area contributed by atoms with E-state index in [1.807, 2.05) is 20.9 Å². The summed E-state index contributed by atoms with van der Waals surface area (Å²) >= 11 is 0. The van der Waals surface area contributed by atoms with Crippen molar-refractivity contribution < 1.29 is 0 Å². The lowest BCUT2D eigenvalue weighted by atomic mass is 10.1. The molecule has 1 unspecified atom stereocenters. The first-order valence-corrected chi connectivity index (χ1v) is 6.80. The number of hydrogen-bond acceptors (Lipinski definition) is 3. The summed E-state index contributed by atoms with van der Waals surface area (Å²) in [5, 5.41) is 3.27. The van der Waals surface area contributed by atoms with Crippen LogP contribution < -0.4 is 10.9 Å². The Bertz CT molecular complexity index is 644. The summed E-state index contributed by atoms with van der Waals surface area (Å²) in [6.07, 6.45) is 0. The summed E-state index contributed by atoms with van der Waals surface area (Å²) in [7, 11) is 1.91. The molecule has 0 amide bonds. The van der Waals surface area contributed by atoms with Gasteiger partial charge in [0.05, 0.1) is 6.04 Å². The van der Waals surface area contributed by atoms with E-state index >= 15 is 0 Å². The van der Waals surface area contributed by atoms with Crippen molar-refractivity contribution in [1.82, 2.24) is 14.9 Å². The second kappa shape index (κ2) is 6.01. The minimum absolute atomic E-state index is 0.00219. The largest absolute Gasteiger partial charge is 0.312 e. The van der Waals surface area contributed by atoms with Crippen LogP contribution in [0.1, 0.15) is 28.7 Å². The molecule has 106 valence electrons. The number of aryl methyl sites for hydroxylation is 3. The summed E-state index contributed by atoms with van der Waals surface area (Å²) in [5.74, 6) is 0.752. The van der Waals surface area contributed by atoms with E-state index in [1.54, 1.807) is 10.6 Å². The van der Waals surface area contributed by atoms with Crippen molar-refractivity contribution >= 4 is 0 Å². The zero-order valence-corrected chi connectivity index (χ0v) is 12.5. The van der Waals surface area contributed by atoms with E-state index in [4.69, 9.17) is 0 Å². The Morgan fingerprint density at radius 2 is 1.85 bits per heavy atom. The maximum atomic E-state index is 12.1. The highest BCUT2D eigenvalue weighted by Gasteiger charge is 2.12. The van der Waals surface area contributed by atoms with E-state index in [1.165, 1.54) is 11.1 Å². The van der Waals surface area contributed by atoms with E-state index in [0.717, 1.165) is 11.5 Å². The van der Waals surface area contributed by atoms with Crippen molar-refractivity contribution in [2.45, 2.75) is 33.4 Å². The quantitative estimate of drug-likeness (QED) is 0.926. The third-order valence-electron chi connectivity index (χ3n) is 3.52. The van der Waals surface area contributed by atoms with Crippen LogP contribution in [0.4, 0.5) is 0 Å². The van der Waals surface area contributed by atoms with Crippen LogP contribution in [0.25, 0.3) is 0 Å². The lowest BCUT2D eigenvalue weighted by molar-refractivity contribution is 0.477. The fourth-order valence-corrected chi connectivity index (χ4v) is 2.33. The van der Waals surface area contributed by atoms with Crippen molar-refractivity contribution in [3.8, 4) is 0 Å². The maximum Gasteiger partial charge on any atom is 0.253 e. The molecule has 1 atom stereocenters. The first-order chi connectivity index (χ1) is 9.51. The van der Waals surface area contributed by atoms with Gasteiger partial charge in [-0.05, 0) is 33.4 Å². The average molecular weight is 271 g/mol. The number of nitrogens with one attached hydrogen (secondary N) is 1. The number of benzene rings is 1. The molecule has 2 rings (SSSR count). The maximum absolute atomic E-state index is 12.1. The fourth-order valence-electron chi connectivity index (χ4n) is 2.33. The molecule has 0 aliphatic rings. The van der Waals surface area contributed by atoms with Gasteiger partial charge in [0.25, 0.3) is 5.56 Å². The molecule has 0 aliphatic carbocycles. The van der Waals surface area contributed by atoms with Gasteiger partial charge >= 0.3 is 0 Å². The predicted octanol–water partition coefficient (Wildman–Crippen LogP) is 2.13. The van der Waals surface area contributed by atoms with Crippen molar-refractivity contribution in [1.29, 1.82) is 0 Å². The van der Waals surface area contributed by atoms with Crippen LogP contribution in [0, 0.1) is 20.8 Å². The van der Waals surface area contributed by atoms with Gasteiger partial charge in [0, 0.05) is 18.3 Å². The van der Waals surface area contributed by atoms with Crippen molar-refractivity contribution in [2.75, 3.05) is 7.05 Å². The van der Waals surface area contributed by atoms with Gasteiger partial charge in [-0.25, -0.2) is 4.98 Å². The van der Waals surface area contributed by atoms with E-state index in [-0.39, 0.29) is 11.6 Å². The Kier molecular flexibility index (Phi) is 4.35. The summed E-state index contributed by atoms with van der Waals surface area (Å²) < 4.78 is 1.72. The second-order valence-electron chi connectivity index (χ2n) is 5.15. The lowest BCUT2D eigenvalue weighted by Gasteiger charge is -2.19. The molecular formula is C16H21N3O. The topological polar surface area (TPSA) is 46.9 Å². The lowest BCUT2D eigenvalue weighted by Crippen LogP contribution is -2.30. The van der Waals surface area contributed by atoms with Crippen LogP contribution in [0.2, 0.25) is 0 Å². The number of likely N-dealkylation sites (N-methyl/N-ethyl adjacent to an activating group) is 1. The van der Waals surface area contributed by atoms with E-state index in [9.17, 15) is 4.79 Å². The Labute approximate surface area is 119 Å². The van der Waals surface area contributed by atoms with Gasteiger partial charge in [-0.2, -0.15) is 0 Å².